The molecule has 0 saturated heterocycles. The molecule has 94 valence electrons. The van der Waals surface area contributed by atoms with Crippen LogP contribution in [0.25, 0.3) is 0 Å². The van der Waals surface area contributed by atoms with Crippen molar-refractivity contribution >= 4 is 51.5 Å². The Labute approximate surface area is 128 Å². The Bertz CT molecular complexity index is 534. The van der Waals surface area contributed by atoms with Crippen molar-refractivity contribution in [2.45, 2.75) is 6.54 Å². The largest absolute Gasteiger partial charge is 0.381 e. The van der Waals surface area contributed by atoms with Gasteiger partial charge in [-0.3, -0.25) is 0 Å². The quantitative estimate of drug-likeness (QED) is 0.545. The van der Waals surface area contributed by atoms with Gasteiger partial charge in [0.05, 0.1) is 10.0 Å². The molecule has 2 rings (SSSR count). The van der Waals surface area contributed by atoms with Crippen molar-refractivity contribution < 1.29 is 4.39 Å². The molecule has 2 aromatic rings. The maximum absolute atomic E-state index is 13.2. The highest BCUT2D eigenvalue weighted by Crippen LogP contribution is 2.27. The van der Waals surface area contributed by atoms with Crippen molar-refractivity contribution in [3.8, 4) is 0 Å². The van der Waals surface area contributed by atoms with Crippen LogP contribution in [0.2, 0.25) is 10.0 Å². The van der Waals surface area contributed by atoms with E-state index in [0.717, 1.165) is 5.56 Å². The van der Waals surface area contributed by atoms with Crippen LogP contribution >= 0.6 is 45.8 Å². The van der Waals surface area contributed by atoms with Gasteiger partial charge in [-0.1, -0.05) is 35.3 Å². The molecule has 0 bridgehead atoms. The van der Waals surface area contributed by atoms with Crippen LogP contribution in [0.1, 0.15) is 5.56 Å². The van der Waals surface area contributed by atoms with Gasteiger partial charge in [0.25, 0.3) is 0 Å². The molecule has 0 heterocycles. The van der Waals surface area contributed by atoms with E-state index in [1.54, 1.807) is 0 Å². The van der Waals surface area contributed by atoms with E-state index in [2.05, 4.69) is 27.9 Å². The SMILES string of the molecule is Fc1c(Cl)cc(NCc2ccc(I)cc2)cc1Cl. The molecule has 0 aromatic heterocycles. The summed E-state index contributed by atoms with van der Waals surface area (Å²) in [7, 11) is 0. The van der Waals surface area contributed by atoms with Gasteiger partial charge in [0, 0.05) is 15.8 Å². The van der Waals surface area contributed by atoms with Crippen molar-refractivity contribution in [2.75, 3.05) is 5.32 Å². The summed E-state index contributed by atoms with van der Waals surface area (Å²) < 4.78 is 14.4. The highest BCUT2D eigenvalue weighted by atomic mass is 127. The van der Waals surface area contributed by atoms with Gasteiger partial charge in [0.2, 0.25) is 0 Å². The third-order valence-electron chi connectivity index (χ3n) is 2.39. The van der Waals surface area contributed by atoms with Gasteiger partial charge in [-0.25, -0.2) is 4.39 Å². The van der Waals surface area contributed by atoms with E-state index in [1.807, 2.05) is 24.3 Å². The standard InChI is InChI=1S/C13H9Cl2FIN/c14-11-5-10(6-12(15)13(11)16)18-7-8-1-3-9(17)4-2-8/h1-6,18H,7H2. The molecule has 0 radical (unpaired) electrons. The van der Waals surface area contributed by atoms with Crippen LogP contribution in [0.4, 0.5) is 10.1 Å². The number of hydrogen-bond acceptors (Lipinski definition) is 1. The maximum atomic E-state index is 13.2. The Morgan fingerprint density at radius 1 is 1.06 bits per heavy atom. The third kappa shape index (κ3) is 3.49. The second-order valence-electron chi connectivity index (χ2n) is 3.73. The lowest BCUT2D eigenvalue weighted by molar-refractivity contribution is 0.629. The van der Waals surface area contributed by atoms with Gasteiger partial charge in [-0.2, -0.15) is 0 Å². The normalized spacial score (nSPS) is 10.4. The minimum Gasteiger partial charge on any atom is -0.381 e. The molecule has 1 nitrogen and oxygen atoms in total. The Balaban J connectivity index is 2.08. The van der Waals surface area contributed by atoms with Gasteiger partial charge in [0.1, 0.15) is 0 Å². The number of hydrogen-bond donors (Lipinski definition) is 1. The van der Waals surface area contributed by atoms with E-state index < -0.39 is 5.82 Å². The Hall–Kier alpha value is -0.520. The molecule has 0 aliphatic heterocycles. The second kappa shape index (κ2) is 6.08. The zero-order chi connectivity index (χ0) is 13.1. The molecule has 0 aliphatic carbocycles. The van der Waals surface area contributed by atoms with E-state index in [0.29, 0.717) is 12.2 Å². The number of anilines is 1. The molecule has 1 N–H and O–H groups in total. The van der Waals surface area contributed by atoms with E-state index in [9.17, 15) is 4.39 Å². The van der Waals surface area contributed by atoms with Crippen LogP contribution in [-0.4, -0.2) is 0 Å². The lowest BCUT2D eigenvalue weighted by Gasteiger charge is -2.08. The third-order valence-corrected chi connectivity index (χ3v) is 3.66. The van der Waals surface area contributed by atoms with Crippen LogP contribution < -0.4 is 5.32 Å². The molecular weight excluding hydrogens is 387 g/mol. The summed E-state index contributed by atoms with van der Waals surface area (Å²) in [4.78, 5) is 0. The van der Waals surface area contributed by atoms with Gasteiger partial charge < -0.3 is 5.32 Å². The van der Waals surface area contributed by atoms with Crippen LogP contribution in [0.5, 0.6) is 0 Å². The molecule has 2 aromatic carbocycles. The number of halogens is 4. The van der Waals surface area contributed by atoms with Gasteiger partial charge in [-0.15, -0.1) is 0 Å². The molecule has 18 heavy (non-hydrogen) atoms. The summed E-state index contributed by atoms with van der Waals surface area (Å²) in [6, 6.07) is 11.2. The summed E-state index contributed by atoms with van der Waals surface area (Å²) >= 11 is 13.7. The number of benzene rings is 2. The molecule has 0 unspecified atom stereocenters. The fourth-order valence-electron chi connectivity index (χ4n) is 1.46. The molecule has 5 heteroatoms. The summed E-state index contributed by atoms with van der Waals surface area (Å²) in [6.45, 7) is 0.634. The summed E-state index contributed by atoms with van der Waals surface area (Å²) in [5.74, 6) is -0.585. The number of nitrogens with one attached hydrogen (secondary N) is 1. The molecule has 0 spiro atoms. The van der Waals surface area contributed by atoms with Crippen LogP contribution in [0.3, 0.4) is 0 Å². The van der Waals surface area contributed by atoms with Crippen LogP contribution in [0, 0.1) is 9.39 Å². The highest BCUT2D eigenvalue weighted by Gasteiger charge is 2.07. The maximum Gasteiger partial charge on any atom is 0.160 e. The zero-order valence-electron chi connectivity index (χ0n) is 9.18. The van der Waals surface area contributed by atoms with Crippen molar-refractivity contribution in [3.63, 3.8) is 0 Å². The van der Waals surface area contributed by atoms with E-state index in [1.165, 1.54) is 15.7 Å². The van der Waals surface area contributed by atoms with E-state index in [4.69, 9.17) is 23.2 Å². The van der Waals surface area contributed by atoms with Crippen LogP contribution in [0.15, 0.2) is 36.4 Å². The fourth-order valence-corrected chi connectivity index (χ4v) is 2.31. The summed E-state index contributed by atoms with van der Waals surface area (Å²) in [6.07, 6.45) is 0. The first kappa shape index (κ1) is 13.9. The lowest BCUT2D eigenvalue weighted by Crippen LogP contribution is -1.99. The monoisotopic (exact) mass is 395 g/mol. The van der Waals surface area contributed by atoms with E-state index in [-0.39, 0.29) is 10.0 Å². The minimum atomic E-state index is -0.585. The molecule has 0 atom stereocenters. The fraction of sp³-hybridized carbons (Fsp3) is 0.0769. The number of rotatable bonds is 3. The van der Waals surface area contributed by atoms with Gasteiger partial charge in [0.15, 0.2) is 5.82 Å². The van der Waals surface area contributed by atoms with Crippen molar-refractivity contribution in [1.82, 2.24) is 0 Å². The first-order valence-corrected chi connectivity index (χ1v) is 7.02. The first-order valence-electron chi connectivity index (χ1n) is 5.19. The Morgan fingerprint density at radius 2 is 1.61 bits per heavy atom. The molecule has 0 aliphatic rings. The van der Waals surface area contributed by atoms with Gasteiger partial charge >= 0.3 is 0 Å². The topological polar surface area (TPSA) is 12.0 Å². The average molecular weight is 396 g/mol. The van der Waals surface area contributed by atoms with E-state index >= 15 is 0 Å². The van der Waals surface area contributed by atoms with Crippen LogP contribution in [-0.2, 0) is 6.54 Å². The summed E-state index contributed by atoms with van der Waals surface area (Å²) in [5.41, 5.74) is 1.83. The predicted octanol–water partition coefficient (Wildman–Crippen LogP) is 5.35. The average Bonchev–Trinajstić information content (AvgIpc) is 2.35. The van der Waals surface area contributed by atoms with Crippen molar-refractivity contribution in [1.29, 1.82) is 0 Å². The smallest absolute Gasteiger partial charge is 0.160 e. The Kier molecular flexibility index (Phi) is 4.70. The minimum absolute atomic E-state index is 0.0209. The lowest BCUT2D eigenvalue weighted by atomic mass is 10.2. The highest BCUT2D eigenvalue weighted by molar-refractivity contribution is 14.1. The van der Waals surface area contributed by atoms with Gasteiger partial charge in [-0.05, 0) is 52.4 Å². The molecule has 0 fully saturated rings. The Morgan fingerprint density at radius 3 is 2.17 bits per heavy atom. The predicted molar refractivity (Wildman–Crippen MR) is 82.9 cm³/mol. The molecular formula is C13H9Cl2FIN. The summed E-state index contributed by atoms with van der Waals surface area (Å²) in [5, 5.41) is 3.19. The van der Waals surface area contributed by atoms with Crippen molar-refractivity contribution in [3.05, 3.63) is 61.4 Å². The molecule has 0 saturated carbocycles. The molecule has 0 amide bonds. The van der Waals surface area contributed by atoms with Crippen molar-refractivity contribution in [2.24, 2.45) is 0 Å². The second-order valence-corrected chi connectivity index (χ2v) is 5.79. The zero-order valence-corrected chi connectivity index (χ0v) is 12.9. The first-order chi connectivity index (χ1) is 8.56.